The van der Waals surface area contributed by atoms with E-state index in [1.54, 1.807) is 10.7 Å². The molecule has 1 fully saturated rings. The van der Waals surface area contributed by atoms with Gasteiger partial charge >= 0.3 is 0 Å². The molecule has 0 saturated heterocycles. The summed E-state index contributed by atoms with van der Waals surface area (Å²) in [6, 6.07) is 6.10. The number of pyridine rings is 1. The standard InChI is InChI=1S/C13H16N4O/c14-6-8-16(10-4-5-10)13(18)11-9-15-17-7-2-1-3-12(11)17/h1-3,7,9-10H,4-6,8,14H2. The van der Waals surface area contributed by atoms with Gasteiger partial charge in [0, 0.05) is 25.3 Å². The van der Waals surface area contributed by atoms with E-state index in [1.807, 2.05) is 29.3 Å². The van der Waals surface area contributed by atoms with Crippen LogP contribution in [0.25, 0.3) is 5.52 Å². The number of carbonyl (C=O) groups is 1. The lowest BCUT2D eigenvalue weighted by atomic mass is 10.2. The van der Waals surface area contributed by atoms with E-state index in [1.165, 1.54) is 0 Å². The summed E-state index contributed by atoms with van der Waals surface area (Å²) < 4.78 is 1.72. The molecule has 2 N–H and O–H groups in total. The average Bonchev–Trinajstić information content (AvgIpc) is 3.14. The highest BCUT2D eigenvalue weighted by Gasteiger charge is 2.33. The number of aromatic nitrogens is 2. The van der Waals surface area contributed by atoms with Gasteiger partial charge in [0.2, 0.25) is 0 Å². The minimum Gasteiger partial charge on any atom is -0.334 e. The third-order valence-corrected chi connectivity index (χ3v) is 3.28. The van der Waals surface area contributed by atoms with E-state index in [0.717, 1.165) is 18.4 Å². The Morgan fingerprint density at radius 1 is 1.50 bits per heavy atom. The Morgan fingerprint density at radius 3 is 3.06 bits per heavy atom. The smallest absolute Gasteiger partial charge is 0.257 e. The Bertz CT molecular complexity index is 573. The monoisotopic (exact) mass is 244 g/mol. The lowest BCUT2D eigenvalue weighted by Crippen LogP contribution is -2.37. The fourth-order valence-electron chi connectivity index (χ4n) is 2.23. The van der Waals surface area contributed by atoms with E-state index >= 15 is 0 Å². The van der Waals surface area contributed by atoms with Gasteiger partial charge in [0.1, 0.15) is 0 Å². The van der Waals surface area contributed by atoms with Crippen molar-refractivity contribution in [2.24, 2.45) is 5.73 Å². The lowest BCUT2D eigenvalue weighted by Gasteiger charge is -2.20. The molecule has 0 atom stereocenters. The van der Waals surface area contributed by atoms with Crippen LogP contribution < -0.4 is 5.73 Å². The summed E-state index contributed by atoms with van der Waals surface area (Å²) in [5.41, 5.74) is 7.10. The Hall–Kier alpha value is -1.88. The number of amides is 1. The van der Waals surface area contributed by atoms with Crippen molar-refractivity contribution >= 4 is 11.4 Å². The molecule has 94 valence electrons. The average molecular weight is 244 g/mol. The number of carbonyl (C=O) groups excluding carboxylic acids is 1. The van der Waals surface area contributed by atoms with Gasteiger partial charge in [0.25, 0.3) is 5.91 Å². The van der Waals surface area contributed by atoms with Gasteiger partial charge in [0.15, 0.2) is 0 Å². The number of fused-ring (bicyclic) bond motifs is 1. The predicted octanol–water partition coefficient (Wildman–Crippen LogP) is 0.898. The van der Waals surface area contributed by atoms with Crippen molar-refractivity contribution in [3.8, 4) is 0 Å². The van der Waals surface area contributed by atoms with E-state index in [0.29, 0.717) is 24.7 Å². The van der Waals surface area contributed by atoms with Crippen LogP contribution in [0.1, 0.15) is 23.2 Å². The van der Waals surface area contributed by atoms with Crippen molar-refractivity contribution in [2.45, 2.75) is 18.9 Å². The van der Waals surface area contributed by atoms with Crippen LogP contribution in [0, 0.1) is 0 Å². The summed E-state index contributed by atoms with van der Waals surface area (Å²) in [7, 11) is 0. The Balaban J connectivity index is 1.95. The first-order valence-corrected chi connectivity index (χ1v) is 6.24. The topological polar surface area (TPSA) is 63.6 Å². The molecule has 5 heteroatoms. The predicted molar refractivity (Wildman–Crippen MR) is 68.3 cm³/mol. The summed E-state index contributed by atoms with van der Waals surface area (Å²) >= 11 is 0. The normalized spacial score (nSPS) is 14.9. The highest BCUT2D eigenvalue weighted by molar-refractivity contribution is 6.00. The van der Waals surface area contributed by atoms with Crippen LogP contribution in [0.4, 0.5) is 0 Å². The fraction of sp³-hybridized carbons (Fsp3) is 0.385. The second-order valence-electron chi connectivity index (χ2n) is 4.61. The molecule has 0 spiro atoms. The zero-order valence-electron chi connectivity index (χ0n) is 10.1. The highest BCUT2D eigenvalue weighted by atomic mass is 16.2. The van der Waals surface area contributed by atoms with E-state index < -0.39 is 0 Å². The molecule has 3 rings (SSSR count). The maximum Gasteiger partial charge on any atom is 0.257 e. The van der Waals surface area contributed by atoms with Crippen molar-refractivity contribution < 1.29 is 4.79 Å². The molecule has 18 heavy (non-hydrogen) atoms. The van der Waals surface area contributed by atoms with Crippen molar-refractivity contribution in [1.29, 1.82) is 0 Å². The second kappa shape index (κ2) is 4.42. The first-order valence-electron chi connectivity index (χ1n) is 6.24. The van der Waals surface area contributed by atoms with Gasteiger partial charge in [-0.2, -0.15) is 5.10 Å². The summed E-state index contributed by atoms with van der Waals surface area (Å²) in [6.45, 7) is 1.12. The van der Waals surface area contributed by atoms with Crippen molar-refractivity contribution in [3.63, 3.8) is 0 Å². The van der Waals surface area contributed by atoms with E-state index in [4.69, 9.17) is 5.73 Å². The quantitative estimate of drug-likeness (QED) is 0.869. The van der Waals surface area contributed by atoms with Gasteiger partial charge in [-0.3, -0.25) is 4.79 Å². The molecular weight excluding hydrogens is 228 g/mol. The molecule has 0 aliphatic heterocycles. The van der Waals surface area contributed by atoms with Crippen molar-refractivity contribution in [2.75, 3.05) is 13.1 Å². The molecule has 1 aliphatic carbocycles. The van der Waals surface area contributed by atoms with Crippen LogP contribution in [-0.4, -0.2) is 39.6 Å². The summed E-state index contributed by atoms with van der Waals surface area (Å²) in [5.74, 6) is 0.0455. The molecular formula is C13H16N4O. The molecule has 1 saturated carbocycles. The van der Waals surface area contributed by atoms with Gasteiger partial charge in [-0.15, -0.1) is 0 Å². The highest BCUT2D eigenvalue weighted by Crippen LogP contribution is 2.28. The molecule has 2 aromatic heterocycles. The first kappa shape index (κ1) is 11.2. The van der Waals surface area contributed by atoms with Crippen LogP contribution in [0.3, 0.4) is 0 Å². The molecule has 0 aromatic carbocycles. The largest absolute Gasteiger partial charge is 0.334 e. The Kier molecular flexibility index (Phi) is 2.76. The van der Waals surface area contributed by atoms with Crippen LogP contribution in [0.2, 0.25) is 0 Å². The van der Waals surface area contributed by atoms with E-state index in [9.17, 15) is 4.79 Å². The lowest BCUT2D eigenvalue weighted by molar-refractivity contribution is 0.0750. The zero-order chi connectivity index (χ0) is 12.5. The van der Waals surface area contributed by atoms with Crippen LogP contribution in [0.15, 0.2) is 30.6 Å². The second-order valence-corrected chi connectivity index (χ2v) is 4.61. The van der Waals surface area contributed by atoms with Crippen molar-refractivity contribution in [3.05, 3.63) is 36.2 Å². The van der Waals surface area contributed by atoms with E-state index in [2.05, 4.69) is 5.10 Å². The molecule has 2 aromatic rings. The molecule has 5 nitrogen and oxygen atoms in total. The van der Waals surface area contributed by atoms with Crippen molar-refractivity contribution in [1.82, 2.24) is 14.5 Å². The van der Waals surface area contributed by atoms with Gasteiger partial charge in [-0.25, -0.2) is 4.52 Å². The van der Waals surface area contributed by atoms with Gasteiger partial charge in [-0.1, -0.05) is 6.07 Å². The van der Waals surface area contributed by atoms with Crippen LogP contribution in [0.5, 0.6) is 0 Å². The number of rotatable bonds is 4. The van der Waals surface area contributed by atoms with Gasteiger partial charge in [-0.05, 0) is 25.0 Å². The summed E-state index contributed by atoms with van der Waals surface area (Å²) in [4.78, 5) is 14.4. The molecule has 2 heterocycles. The summed E-state index contributed by atoms with van der Waals surface area (Å²) in [5, 5.41) is 4.20. The SMILES string of the molecule is NCCN(C(=O)c1cnn2ccccc12)C1CC1. The van der Waals surface area contributed by atoms with Crippen LogP contribution in [-0.2, 0) is 0 Å². The molecule has 0 radical (unpaired) electrons. The first-order chi connectivity index (χ1) is 8.81. The number of nitrogens with zero attached hydrogens (tertiary/aromatic N) is 3. The third kappa shape index (κ3) is 1.86. The minimum atomic E-state index is 0.0455. The molecule has 1 aliphatic rings. The fourth-order valence-corrected chi connectivity index (χ4v) is 2.23. The third-order valence-electron chi connectivity index (χ3n) is 3.28. The molecule has 1 amide bonds. The van der Waals surface area contributed by atoms with Gasteiger partial charge < -0.3 is 10.6 Å². The van der Waals surface area contributed by atoms with Crippen LogP contribution >= 0.6 is 0 Å². The van der Waals surface area contributed by atoms with Gasteiger partial charge in [0.05, 0.1) is 17.3 Å². The maximum atomic E-state index is 12.5. The summed E-state index contributed by atoms with van der Waals surface area (Å²) in [6.07, 6.45) is 5.66. The minimum absolute atomic E-state index is 0.0455. The number of hydrogen-bond donors (Lipinski definition) is 1. The number of hydrogen-bond acceptors (Lipinski definition) is 3. The van der Waals surface area contributed by atoms with E-state index in [-0.39, 0.29) is 5.91 Å². The maximum absolute atomic E-state index is 12.5. The Labute approximate surface area is 105 Å². The zero-order valence-corrected chi connectivity index (χ0v) is 10.1. The number of nitrogens with two attached hydrogens (primary N) is 1. The Morgan fingerprint density at radius 2 is 2.33 bits per heavy atom. The molecule has 0 bridgehead atoms. The molecule has 0 unspecified atom stereocenters.